The molecule has 0 spiro atoms. The van der Waals surface area contributed by atoms with Crippen LogP contribution in [0.3, 0.4) is 0 Å². The highest BCUT2D eigenvalue weighted by atomic mass is 79.9. The van der Waals surface area contributed by atoms with E-state index in [1.807, 2.05) is 30.5 Å². The number of nitrogens with one attached hydrogen (secondary N) is 2. The molecule has 2 nitrogen and oxygen atoms in total. The summed E-state index contributed by atoms with van der Waals surface area (Å²) in [6, 6.07) is 8.05. The summed E-state index contributed by atoms with van der Waals surface area (Å²) in [6.45, 7) is 0. The predicted molar refractivity (Wildman–Crippen MR) is 66.4 cm³/mol. The van der Waals surface area contributed by atoms with E-state index in [9.17, 15) is 0 Å². The second-order valence-electron chi connectivity index (χ2n) is 2.66. The average Bonchev–Trinajstić information content (AvgIpc) is 2.53. The average molecular weight is 292 g/mol. The Morgan fingerprint density at radius 2 is 1.79 bits per heavy atom. The van der Waals surface area contributed by atoms with Gasteiger partial charge in [-0.15, -0.1) is 12.4 Å². The number of hydrogen-bond donors (Lipinski definition) is 2. The summed E-state index contributed by atoms with van der Waals surface area (Å²) in [5.41, 5.74) is 2.13. The van der Waals surface area contributed by atoms with E-state index in [4.69, 9.17) is 12.2 Å². The van der Waals surface area contributed by atoms with Crippen LogP contribution in [0, 0.1) is 4.77 Å². The minimum Gasteiger partial charge on any atom is -0.337 e. The summed E-state index contributed by atoms with van der Waals surface area (Å²) < 4.78 is 1.73. The van der Waals surface area contributed by atoms with E-state index in [1.165, 1.54) is 0 Å². The van der Waals surface area contributed by atoms with Crippen LogP contribution in [0.1, 0.15) is 0 Å². The first kappa shape index (κ1) is 11.5. The fraction of sp³-hybridized carbons (Fsp3) is 0. The summed E-state index contributed by atoms with van der Waals surface area (Å²) >= 11 is 8.32. The largest absolute Gasteiger partial charge is 0.337 e. The van der Waals surface area contributed by atoms with Crippen LogP contribution in [-0.4, -0.2) is 9.97 Å². The van der Waals surface area contributed by atoms with Crippen molar-refractivity contribution >= 4 is 40.6 Å². The first-order valence-corrected chi connectivity index (χ1v) is 4.99. The molecule has 14 heavy (non-hydrogen) atoms. The van der Waals surface area contributed by atoms with Crippen molar-refractivity contribution in [3.63, 3.8) is 0 Å². The first-order chi connectivity index (χ1) is 6.25. The molecule has 2 aromatic rings. The molecule has 0 fully saturated rings. The van der Waals surface area contributed by atoms with Gasteiger partial charge >= 0.3 is 0 Å². The fourth-order valence-corrected chi connectivity index (χ4v) is 1.55. The van der Waals surface area contributed by atoms with Gasteiger partial charge in [0.1, 0.15) is 0 Å². The van der Waals surface area contributed by atoms with Crippen molar-refractivity contribution in [1.29, 1.82) is 0 Å². The molecule has 0 unspecified atom stereocenters. The summed E-state index contributed by atoms with van der Waals surface area (Å²) in [5, 5.41) is 0. The number of halogens is 2. The van der Waals surface area contributed by atoms with Gasteiger partial charge in [-0.25, -0.2) is 0 Å². The highest BCUT2D eigenvalue weighted by Gasteiger charge is 1.97. The standard InChI is InChI=1S/C9H7BrN2S.ClH/c10-7-3-1-6(2-4-7)8-5-11-9(13)12-8;/h1-5H,(H2,11,12,13);1H. The monoisotopic (exact) mass is 290 g/mol. The number of H-pyrrole nitrogens is 2. The van der Waals surface area contributed by atoms with E-state index >= 15 is 0 Å². The lowest BCUT2D eigenvalue weighted by molar-refractivity contribution is 1.27. The SMILES string of the molecule is Cl.S=c1[nH]cc(-c2ccc(Br)cc2)[nH]1. The van der Waals surface area contributed by atoms with Crippen LogP contribution >= 0.6 is 40.6 Å². The number of hydrogen-bond acceptors (Lipinski definition) is 1. The van der Waals surface area contributed by atoms with E-state index in [1.54, 1.807) is 0 Å². The maximum absolute atomic E-state index is 4.94. The van der Waals surface area contributed by atoms with Gasteiger partial charge in [-0.05, 0) is 29.9 Å². The maximum atomic E-state index is 4.94. The third-order valence-electron chi connectivity index (χ3n) is 1.75. The lowest BCUT2D eigenvalue weighted by atomic mass is 10.2. The minimum absolute atomic E-state index is 0. The van der Waals surface area contributed by atoms with Crippen LogP contribution in [0.25, 0.3) is 11.3 Å². The van der Waals surface area contributed by atoms with Gasteiger partial charge in [0, 0.05) is 10.7 Å². The topological polar surface area (TPSA) is 31.6 Å². The van der Waals surface area contributed by atoms with Crippen LogP contribution in [0.5, 0.6) is 0 Å². The Labute approximate surface area is 101 Å². The molecule has 1 heterocycles. The Kier molecular flexibility index (Phi) is 3.92. The Hall–Kier alpha value is -0.580. The molecular weight excluding hydrogens is 284 g/mol. The molecular formula is C9H8BrClN2S. The van der Waals surface area contributed by atoms with E-state index in [2.05, 4.69) is 25.9 Å². The molecule has 0 bridgehead atoms. The van der Waals surface area contributed by atoms with Gasteiger partial charge in [-0.1, -0.05) is 28.1 Å². The van der Waals surface area contributed by atoms with Crippen molar-refractivity contribution in [2.75, 3.05) is 0 Å². The lowest BCUT2D eigenvalue weighted by Crippen LogP contribution is -1.75. The van der Waals surface area contributed by atoms with Crippen LogP contribution in [0.15, 0.2) is 34.9 Å². The Balaban J connectivity index is 0.000000980. The zero-order valence-electron chi connectivity index (χ0n) is 7.08. The van der Waals surface area contributed by atoms with Crippen molar-refractivity contribution in [2.24, 2.45) is 0 Å². The molecule has 1 aromatic heterocycles. The molecule has 0 aliphatic carbocycles. The number of aromatic amines is 2. The predicted octanol–water partition coefficient (Wildman–Crippen LogP) is 3.92. The molecule has 2 N–H and O–H groups in total. The molecule has 0 atom stereocenters. The highest BCUT2D eigenvalue weighted by Crippen LogP contribution is 2.18. The van der Waals surface area contributed by atoms with Crippen molar-refractivity contribution in [3.8, 4) is 11.3 Å². The summed E-state index contributed by atoms with van der Waals surface area (Å²) in [7, 11) is 0. The van der Waals surface area contributed by atoms with Crippen molar-refractivity contribution in [1.82, 2.24) is 9.97 Å². The zero-order chi connectivity index (χ0) is 9.26. The first-order valence-electron chi connectivity index (χ1n) is 3.79. The quantitative estimate of drug-likeness (QED) is 0.767. The van der Waals surface area contributed by atoms with E-state index < -0.39 is 0 Å². The van der Waals surface area contributed by atoms with Crippen molar-refractivity contribution in [2.45, 2.75) is 0 Å². The summed E-state index contributed by atoms with van der Waals surface area (Å²) in [6.07, 6.45) is 1.87. The lowest BCUT2D eigenvalue weighted by Gasteiger charge is -1.96. The highest BCUT2D eigenvalue weighted by molar-refractivity contribution is 9.10. The van der Waals surface area contributed by atoms with Gasteiger partial charge in [-0.2, -0.15) is 0 Å². The van der Waals surface area contributed by atoms with Gasteiger partial charge in [0.05, 0.1) is 5.69 Å². The molecule has 5 heteroatoms. The van der Waals surface area contributed by atoms with Gasteiger partial charge in [0.25, 0.3) is 0 Å². The van der Waals surface area contributed by atoms with Crippen molar-refractivity contribution in [3.05, 3.63) is 39.7 Å². The molecule has 1 aromatic carbocycles. The number of benzene rings is 1. The Morgan fingerprint density at radius 1 is 1.14 bits per heavy atom. The summed E-state index contributed by atoms with van der Waals surface area (Å²) in [4.78, 5) is 5.98. The van der Waals surface area contributed by atoms with Crippen molar-refractivity contribution < 1.29 is 0 Å². The minimum atomic E-state index is 0. The molecule has 0 saturated carbocycles. The Bertz CT molecular complexity index is 460. The van der Waals surface area contributed by atoms with Crippen LogP contribution in [-0.2, 0) is 0 Å². The maximum Gasteiger partial charge on any atom is 0.174 e. The molecule has 0 aliphatic rings. The van der Waals surface area contributed by atoms with E-state index in [0.717, 1.165) is 15.7 Å². The molecule has 2 rings (SSSR count). The number of rotatable bonds is 1. The zero-order valence-corrected chi connectivity index (χ0v) is 10.3. The second kappa shape index (κ2) is 4.77. The van der Waals surface area contributed by atoms with E-state index in [-0.39, 0.29) is 12.4 Å². The number of aromatic nitrogens is 2. The second-order valence-corrected chi connectivity index (χ2v) is 3.99. The van der Waals surface area contributed by atoms with Gasteiger partial charge < -0.3 is 9.97 Å². The van der Waals surface area contributed by atoms with Crippen LogP contribution < -0.4 is 0 Å². The van der Waals surface area contributed by atoms with Crippen LogP contribution in [0.4, 0.5) is 0 Å². The smallest absolute Gasteiger partial charge is 0.174 e. The molecule has 0 aliphatic heterocycles. The molecule has 74 valence electrons. The Morgan fingerprint density at radius 3 is 2.29 bits per heavy atom. The van der Waals surface area contributed by atoms with E-state index in [0.29, 0.717) is 4.77 Å². The molecule has 0 radical (unpaired) electrons. The van der Waals surface area contributed by atoms with Gasteiger partial charge in [0.2, 0.25) is 0 Å². The third kappa shape index (κ3) is 2.47. The third-order valence-corrected chi connectivity index (χ3v) is 2.50. The molecule has 0 saturated heterocycles. The molecule has 0 amide bonds. The van der Waals surface area contributed by atoms with Crippen LogP contribution in [0.2, 0.25) is 0 Å². The summed E-state index contributed by atoms with van der Waals surface area (Å²) in [5.74, 6) is 0. The normalized spacial score (nSPS) is 9.50. The number of imidazole rings is 1. The van der Waals surface area contributed by atoms with Gasteiger partial charge in [0.15, 0.2) is 4.77 Å². The van der Waals surface area contributed by atoms with Gasteiger partial charge in [-0.3, -0.25) is 0 Å². The fourth-order valence-electron chi connectivity index (χ4n) is 1.12.